The molecule has 7 heteroatoms. The lowest BCUT2D eigenvalue weighted by Crippen LogP contribution is -1.97. The third-order valence-electron chi connectivity index (χ3n) is 4.23. The Labute approximate surface area is 136 Å². The van der Waals surface area contributed by atoms with Gasteiger partial charge in [0.2, 0.25) is 0 Å². The van der Waals surface area contributed by atoms with Gasteiger partial charge in [0.25, 0.3) is 0 Å². The Hall–Kier alpha value is -3.48. The van der Waals surface area contributed by atoms with Crippen LogP contribution in [0.5, 0.6) is 0 Å². The summed E-state index contributed by atoms with van der Waals surface area (Å²) in [5.41, 5.74) is 5.84. The molecule has 5 aromatic rings. The van der Waals surface area contributed by atoms with Crippen molar-refractivity contribution >= 4 is 21.9 Å². The molecule has 0 aliphatic heterocycles. The molecule has 0 spiro atoms. The van der Waals surface area contributed by atoms with Crippen molar-refractivity contribution in [2.45, 2.75) is 0 Å². The van der Waals surface area contributed by atoms with Crippen molar-refractivity contribution in [3.8, 4) is 16.9 Å². The minimum Gasteiger partial charge on any atom is -0.278 e. The fourth-order valence-corrected chi connectivity index (χ4v) is 2.98. The number of nitrogens with zero attached hydrogens (tertiary/aromatic N) is 6. The van der Waals surface area contributed by atoms with Crippen LogP contribution in [0.15, 0.2) is 54.9 Å². The summed E-state index contributed by atoms with van der Waals surface area (Å²) in [7, 11) is 1.93. The number of benzene rings is 2. The van der Waals surface area contributed by atoms with Gasteiger partial charge in [-0.3, -0.25) is 9.78 Å². The SMILES string of the molecule is Cn1nccc1-c1ccc2nnn(-c3ccc4cn[nH]c4c3)c2c1. The third kappa shape index (κ3) is 1.84. The largest absolute Gasteiger partial charge is 0.278 e. The minimum atomic E-state index is 0.852. The molecule has 5 rings (SSSR count). The van der Waals surface area contributed by atoms with Crippen LogP contribution in [0.3, 0.4) is 0 Å². The fraction of sp³-hybridized carbons (Fsp3) is 0.0588. The van der Waals surface area contributed by atoms with Gasteiger partial charge in [-0.2, -0.15) is 10.2 Å². The van der Waals surface area contributed by atoms with Gasteiger partial charge in [-0.05, 0) is 36.4 Å². The summed E-state index contributed by atoms with van der Waals surface area (Å²) in [6.45, 7) is 0. The lowest BCUT2D eigenvalue weighted by Gasteiger charge is -2.05. The van der Waals surface area contributed by atoms with E-state index in [2.05, 4.69) is 31.7 Å². The van der Waals surface area contributed by atoms with E-state index in [-0.39, 0.29) is 0 Å². The monoisotopic (exact) mass is 315 g/mol. The average Bonchev–Trinajstić information content (AvgIpc) is 3.32. The maximum absolute atomic E-state index is 4.31. The van der Waals surface area contributed by atoms with Crippen molar-refractivity contribution in [3.63, 3.8) is 0 Å². The molecule has 0 amide bonds. The fourth-order valence-electron chi connectivity index (χ4n) is 2.98. The molecule has 0 atom stereocenters. The predicted octanol–water partition coefficient (Wildman–Crippen LogP) is 2.70. The summed E-state index contributed by atoms with van der Waals surface area (Å²) in [5, 5.41) is 20.9. The Balaban J connectivity index is 1.72. The molecule has 0 aliphatic rings. The van der Waals surface area contributed by atoms with Gasteiger partial charge in [0, 0.05) is 24.2 Å². The molecule has 1 N–H and O–H groups in total. The summed E-state index contributed by atoms with van der Waals surface area (Å²) < 4.78 is 3.70. The van der Waals surface area contributed by atoms with Crippen molar-refractivity contribution < 1.29 is 0 Å². The van der Waals surface area contributed by atoms with E-state index in [1.54, 1.807) is 12.4 Å². The van der Waals surface area contributed by atoms with E-state index in [0.29, 0.717) is 0 Å². The molecule has 2 aromatic carbocycles. The summed E-state index contributed by atoms with van der Waals surface area (Å²) in [6, 6.07) is 14.2. The topological polar surface area (TPSA) is 77.2 Å². The maximum atomic E-state index is 4.31. The standard InChI is InChI=1S/C17H13N7/c1-23-16(6-7-19-23)11-3-5-14-17(8-11)24(22-21-14)13-4-2-12-10-18-20-15(12)9-13/h2-10H,1H3,(H,18,20). The molecule has 7 nitrogen and oxygen atoms in total. The Kier molecular flexibility index (Phi) is 2.58. The van der Waals surface area contributed by atoms with E-state index < -0.39 is 0 Å². The Morgan fingerprint density at radius 2 is 2.00 bits per heavy atom. The van der Waals surface area contributed by atoms with Crippen LogP contribution < -0.4 is 0 Å². The van der Waals surface area contributed by atoms with Gasteiger partial charge in [0.15, 0.2) is 0 Å². The lowest BCUT2D eigenvalue weighted by molar-refractivity contribution is 0.776. The van der Waals surface area contributed by atoms with E-state index in [9.17, 15) is 0 Å². The van der Waals surface area contributed by atoms with Gasteiger partial charge < -0.3 is 0 Å². The lowest BCUT2D eigenvalue weighted by atomic mass is 10.1. The first-order valence-electron chi connectivity index (χ1n) is 7.57. The van der Waals surface area contributed by atoms with E-state index >= 15 is 0 Å². The van der Waals surface area contributed by atoms with Gasteiger partial charge in [-0.25, -0.2) is 4.68 Å². The normalized spacial score (nSPS) is 11.5. The predicted molar refractivity (Wildman–Crippen MR) is 90.7 cm³/mol. The van der Waals surface area contributed by atoms with Crippen LogP contribution in [-0.2, 0) is 7.05 Å². The molecule has 116 valence electrons. The van der Waals surface area contributed by atoms with Crippen LogP contribution in [0.2, 0.25) is 0 Å². The molecule has 0 aliphatic carbocycles. The highest BCUT2D eigenvalue weighted by Gasteiger charge is 2.11. The third-order valence-corrected chi connectivity index (χ3v) is 4.23. The summed E-state index contributed by atoms with van der Waals surface area (Å²) in [6.07, 6.45) is 3.60. The first kappa shape index (κ1) is 13.0. The number of aromatic amines is 1. The zero-order chi connectivity index (χ0) is 16.1. The molecule has 0 saturated heterocycles. The molecule has 0 fully saturated rings. The molecule has 3 heterocycles. The molecule has 24 heavy (non-hydrogen) atoms. The Morgan fingerprint density at radius 3 is 2.88 bits per heavy atom. The van der Waals surface area contributed by atoms with E-state index in [1.165, 1.54) is 0 Å². The summed E-state index contributed by atoms with van der Waals surface area (Å²) in [5.74, 6) is 0. The molecule has 0 bridgehead atoms. The number of nitrogens with one attached hydrogen (secondary N) is 1. The highest BCUT2D eigenvalue weighted by Crippen LogP contribution is 2.25. The summed E-state index contributed by atoms with van der Waals surface area (Å²) >= 11 is 0. The number of fused-ring (bicyclic) bond motifs is 2. The molecule has 0 saturated carbocycles. The zero-order valence-electron chi connectivity index (χ0n) is 12.9. The first-order chi connectivity index (χ1) is 11.8. The number of aromatic nitrogens is 7. The van der Waals surface area contributed by atoms with Crippen LogP contribution >= 0.6 is 0 Å². The molecular formula is C17H13N7. The number of hydrogen-bond donors (Lipinski definition) is 1. The van der Waals surface area contributed by atoms with Gasteiger partial charge >= 0.3 is 0 Å². The minimum absolute atomic E-state index is 0.852. The second-order valence-electron chi connectivity index (χ2n) is 5.69. The van der Waals surface area contributed by atoms with Crippen molar-refractivity contribution in [2.75, 3.05) is 0 Å². The number of hydrogen-bond acceptors (Lipinski definition) is 4. The van der Waals surface area contributed by atoms with Crippen LogP contribution in [-0.4, -0.2) is 35.0 Å². The number of rotatable bonds is 2. The van der Waals surface area contributed by atoms with Gasteiger partial charge in [-0.1, -0.05) is 11.3 Å². The zero-order valence-corrected chi connectivity index (χ0v) is 12.9. The van der Waals surface area contributed by atoms with E-state index in [4.69, 9.17) is 0 Å². The van der Waals surface area contributed by atoms with Crippen molar-refractivity contribution in [3.05, 3.63) is 54.9 Å². The van der Waals surface area contributed by atoms with Gasteiger partial charge in [0.1, 0.15) is 5.52 Å². The number of aryl methyl sites for hydroxylation is 1. The van der Waals surface area contributed by atoms with E-state index in [0.717, 1.165) is 38.9 Å². The molecular weight excluding hydrogens is 302 g/mol. The highest BCUT2D eigenvalue weighted by molar-refractivity contribution is 5.84. The quantitative estimate of drug-likeness (QED) is 0.543. The second kappa shape index (κ2) is 4.76. The van der Waals surface area contributed by atoms with Crippen LogP contribution in [0, 0.1) is 0 Å². The van der Waals surface area contributed by atoms with Gasteiger partial charge in [-0.15, -0.1) is 5.10 Å². The Bertz CT molecular complexity index is 1180. The molecule has 0 unspecified atom stereocenters. The highest BCUT2D eigenvalue weighted by atomic mass is 15.4. The van der Waals surface area contributed by atoms with Crippen LogP contribution in [0.4, 0.5) is 0 Å². The summed E-state index contributed by atoms with van der Waals surface area (Å²) in [4.78, 5) is 0. The van der Waals surface area contributed by atoms with Gasteiger partial charge in [0.05, 0.1) is 28.6 Å². The second-order valence-corrected chi connectivity index (χ2v) is 5.69. The smallest absolute Gasteiger partial charge is 0.113 e. The van der Waals surface area contributed by atoms with E-state index in [1.807, 2.05) is 52.8 Å². The number of H-pyrrole nitrogens is 1. The van der Waals surface area contributed by atoms with Crippen LogP contribution in [0.1, 0.15) is 0 Å². The van der Waals surface area contributed by atoms with Crippen molar-refractivity contribution in [2.24, 2.45) is 7.05 Å². The molecule has 0 radical (unpaired) electrons. The van der Waals surface area contributed by atoms with Crippen molar-refractivity contribution in [1.29, 1.82) is 0 Å². The Morgan fingerprint density at radius 1 is 1.04 bits per heavy atom. The van der Waals surface area contributed by atoms with Crippen LogP contribution in [0.25, 0.3) is 38.9 Å². The van der Waals surface area contributed by atoms with Crippen molar-refractivity contribution in [1.82, 2.24) is 35.0 Å². The molecule has 3 aromatic heterocycles. The average molecular weight is 315 g/mol. The first-order valence-corrected chi connectivity index (χ1v) is 7.57. The maximum Gasteiger partial charge on any atom is 0.113 e.